The van der Waals surface area contributed by atoms with Crippen LogP contribution in [0.3, 0.4) is 0 Å². The molecule has 5 aromatic rings. The Morgan fingerprint density at radius 1 is 0.972 bits per heavy atom. The molecule has 0 aliphatic carbocycles. The minimum Gasteiger partial charge on any atom is -0.496 e. The van der Waals surface area contributed by atoms with Crippen LogP contribution in [0.5, 0.6) is 5.75 Å². The predicted octanol–water partition coefficient (Wildman–Crippen LogP) is 5.40. The molecule has 0 bridgehead atoms. The number of amides is 1. The number of para-hydroxylation sites is 2. The lowest BCUT2D eigenvalue weighted by Gasteiger charge is -2.38. The van der Waals surface area contributed by atoms with Crippen LogP contribution in [0.4, 0.5) is 15.8 Å². The first kappa shape index (κ1) is 21.8. The number of halogens is 1. The second-order valence-corrected chi connectivity index (χ2v) is 8.55. The van der Waals surface area contributed by atoms with Crippen LogP contribution >= 0.6 is 0 Å². The summed E-state index contributed by atoms with van der Waals surface area (Å²) in [6.07, 6.45) is -0.519. The van der Waals surface area contributed by atoms with E-state index in [4.69, 9.17) is 4.74 Å². The number of aromatic nitrogens is 3. The highest BCUT2D eigenvalue weighted by molar-refractivity contribution is 6.12. The van der Waals surface area contributed by atoms with Gasteiger partial charge in [0.05, 0.1) is 24.7 Å². The molecule has 178 valence electrons. The Labute approximate surface area is 206 Å². The van der Waals surface area contributed by atoms with E-state index < -0.39 is 6.17 Å². The van der Waals surface area contributed by atoms with Crippen molar-refractivity contribution in [2.24, 2.45) is 0 Å². The number of carbonyl (C=O) groups is 1. The molecule has 0 saturated heterocycles. The van der Waals surface area contributed by atoms with Crippen LogP contribution in [0.15, 0.2) is 91.0 Å². The molecule has 36 heavy (non-hydrogen) atoms. The maximum atomic E-state index is 13.7. The fourth-order valence-corrected chi connectivity index (χ4v) is 4.64. The van der Waals surface area contributed by atoms with Crippen LogP contribution in [-0.2, 0) is 6.54 Å². The van der Waals surface area contributed by atoms with Crippen molar-refractivity contribution >= 4 is 28.3 Å². The van der Waals surface area contributed by atoms with Gasteiger partial charge in [0.25, 0.3) is 5.91 Å². The highest BCUT2D eigenvalue weighted by Gasteiger charge is 2.34. The van der Waals surface area contributed by atoms with E-state index in [1.165, 1.54) is 12.1 Å². The van der Waals surface area contributed by atoms with Crippen molar-refractivity contribution < 1.29 is 13.9 Å². The van der Waals surface area contributed by atoms with E-state index in [0.29, 0.717) is 23.5 Å². The van der Waals surface area contributed by atoms with E-state index in [9.17, 15) is 9.18 Å². The molecular formula is C28H22FN5O2. The lowest BCUT2D eigenvalue weighted by molar-refractivity contribution is 0.0975. The summed E-state index contributed by atoms with van der Waals surface area (Å²) in [6.45, 7) is 0.436. The van der Waals surface area contributed by atoms with Crippen molar-refractivity contribution in [3.05, 3.63) is 114 Å². The van der Waals surface area contributed by atoms with E-state index in [0.717, 1.165) is 27.8 Å². The third-order valence-corrected chi connectivity index (χ3v) is 6.39. The molecule has 1 aliphatic rings. The molecule has 0 radical (unpaired) electrons. The maximum absolute atomic E-state index is 13.7. The Bertz CT molecular complexity index is 1580. The number of anilines is 2. The third-order valence-electron chi connectivity index (χ3n) is 6.39. The van der Waals surface area contributed by atoms with Gasteiger partial charge >= 0.3 is 0 Å². The highest BCUT2D eigenvalue weighted by atomic mass is 19.1. The van der Waals surface area contributed by atoms with Gasteiger partial charge in [-0.2, -0.15) is 0 Å². The van der Waals surface area contributed by atoms with Crippen molar-refractivity contribution in [1.29, 1.82) is 0 Å². The molecule has 2 heterocycles. The second-order valence-electron chi connectivity index (χ2n) is 8.55. The molecule has 1 amide bonds. The largest absolute Gasteiger partial charge is 0.496 e. The van der Waals surface area contributed by atoms with Crippen LogP contribution in [-0.4, -0.2) is 28.0 Å². The summed E-state index contributed by atoms with van der Waals surface area (Å²) in [7, 11) is 1.63. The van der Waals surface area contributed by atoms with Gasteiger partial charge in [0.2, 0.25) is 0 Å². The van der Waals surface area contributed by atoms with E-state index in [2.05, 4.69) is 15.6 Å². The average Bonchev–Trinajstić information content (AvgIpc) is 3.32. The Morgan fingerprint density at radius 2 is 1.75 bits per heavy atom. The summed E-state index contributed by atoms with van der Waals surface area (Å²) in [5, 5.41) is 12.1. The van der Waals surface area contributed by atoms with Gasteiger partial charge in [-0.05, 0) is 66.2 Å². The summed E-state index contributed by atoms with van der Waals surface area (Å²) in [5.41, 5.74) is 5.35. The smallest absolute Gasteiger partial charge is 0.262 e. The number of hydrogen-bond acceptors (Lipinski definition) is 5. The van der Waals surface area contributed by atoms with Gasteiger partial charge in [-0.25, -0.2) is 9.07 Å². The molecule has 0 spiro atoms. The number of rotatable bonds is 5. The predicted molar refractivity (Wildman–Crippen MR) is 136 cm³/mol. The first-order chi connectivity index (χ1) is 17.6. The summed E-state index contributed by atoms with van der Waals surface area (Å²) < 4.78 is 21.2. The molecule has 7 nitrogen and oxygen atoms in total. The molecular weight excluding hydrogens is 457 g/mol. The molecule has 6 rings (SSSR count). The van der Waals surface area contributed by atoms with E-state index >= 15 is 0 Å². The summed E-state index contributed by atoms with van der Waals surface area (Å²) in [4.78, 5) is 15.3. The molecule has 1 N–H and O–H groups in total. The lowest BCUT2D eigenvalue weighted by atomic mass is 10.0. The fourth-order valence-electron chi connectivity index (χ4n) is 4.64. The van der Waals surface area contributed by atoms with Crippen molar-refractivity contribution in [1.82, 2.24) is 15.0 Å². The van der Waals surface area contributed by atoms with Gasteiger partial charge < -0.3 is 10.1 Å². The number of ether oxygens (including phenoxy) is 1. The zero-order valence-corrected chi connectivity index (χ0v) is 19.4. The molecule has 0 fully saturated rings. The van der Waals surface area contributed by atoms with E-state index in [-0.39, 0.29) is 11.7 Å². The van der Waals surface area contributed by atoms with E-state index in [1.807, 2.05) is 65.3 Å². The van der Waals surface area contributed by atoms with Crippen LogP contribution in [0.1, 0.15) is 27.7 Å². The van der Waals surface area contributed by atoms with Gasteiger partial charge in [0, 0.05) is 16.9 Å². The normalized spacial score (nSPS) is 15.0. The minimum atomic E-state index is -0.519. The Kier molecular flexibility index (Phi) is 5.33. The van der Waals surface area contributed by atoms with Crippen molar-refractivity contribution in [2.45, 2.75) is 12.7 Å². The Morgan fingerprint density at radius 3 is 2.58 bits per heavy atom. The molecule has 4 aromatic carbocycles. The number of fused-ring (bicyclic) bond motifs is 2. The van der Waals surface area contributed by atoms with Gasteiger partial charge in [0.15, 0.2) is 0 Å². The van der Waals surface area contributed by atoms with Gasteiger partial charge in [-0.3, -0.25) is 9.69 Å². The molecule has 0 saturated carbocycles. The summed E-state index contributed by atoms with van der Waals surface area (Å²) in [6, 6.07) is 26.9. The summed E-state index contributed by atoms with van der Waals surface area (Å²) in [5.74, 6) is 0.176. The average molecular weight is 480 g/mol. The van der Waals surface area contributed by atoms with Crippen LogP contribution in [0.2, 0.25) is 0 Å². The van der Waals surface area contributed by atoms with Crippen LogP contribution in [0, 0.1) is 5.82 Å². The first-order valence-electron chi connectivity index (χ1n) is 11.5. The van der Waals surface area contributed by atoms with Gasteiger partial charge in [0.1, 0.15) is 23.2 Å². The van der Waals surface area contributed by atoms with Gasteiger partial charge in [-0.1, -0.05) is 35.5 Å². The van der Waals surface area contributed by atoms with Crippen molar-refractivity contribution in [3.63, 3.8) is 0 Å². The topological polar surface area (TPSA) is 72.3 Å². The van der Waals surface area contributed by atoms with Crippen molar-refractivity contribution in [3.8, 4) is 5.75 Å². The summed E-state index contributed by atoms with van der Waals surface area (Å²) >= 11 is 0. The lowest BCUT2D eigenvalue weighted by Crippen LogP contribution is -2.43. The molecule has 1 atom stereocenters. The number of nitrogens with zero attached hydrogens (tertiary/aromatic N) is 4. The van der Waals surface area contributed by atoms with Crippen LogP contribution in [0.25, 0.3) is 11.0 Å². The standard InChI is InChI=1S/C28H22FN5O2/c1-36-26-15-10-18(16-19(26)17-33-25-9-5-4-8-24(25)31-32-33)27-30-23-7-3-2-6-22(23)28(35)34(27)21-13-11-20(29)12-14-21/h2-16,27,30H,17H2,1H3/t27-/m1/s1. The SMILES string of the molecule is COc1ccc([C@@H]2Nc3ccccc3C(=O)N2c2ccc(F)cc2)cc1Cn1nnc2ccccc21. The van der Waals surface area contributed by atoms with E-state index in [1.54, 1.807) is 30.2 Å². The molecule has 1 aromatic heterocycles. The number of nitrogens with one attached hydrogen (secondary N) is 1. The highest BCUT2D eigenvalue weighted by Crippen LogP contribution is 2.38. The first-order valence-corrected chi connectivity index (χ1v) is 11.5. The maximum Gasteiger partial charge on any atom is 0.262 e. The number of methoxy groups -OCH3 is 1. The number of hydrogen-bond donors (Lipinski definition) is 1. The monoisotopic (exact) mass is 479 g/mol. The number of benzene rings is 4. The van der Waals surface area contributed by atoms with Crippen LogP contribution < -0.4 is 15.0 Å². The zero-order valence-electron chi connectivity index (χ0n) is 19.4. The zero-order chi connectivity index (χ0) is 24.6. The quantitative estimate of drug-likeness (QED) is 0.366. The Balaban J connectivity index is 1.44. The van der Waals surface area contributed by atoms with Crippen molar-refractivity contribution in [2.75, 3.05) is 17.3 Å². The Hall–Kier alpha value is -4.72. The van der Waals surface area contributed by atoms with Gasteiger partial charge in [-0.15, -0.1) is 5.10 Å². The minimum absolute atomic E-state index is 0.166. The fraction of sp³-hybridized carbons (Fsp3) is 0.107. The number of carbonyl (C=O) groups excluding carboxylic acids is 1. The second kappa shape index (κ2) is 8.81. The molecule has 1 aliphatic heterocycles. The third kappa shape index (κ3) is 3.73. The molecule has 8 heteroatoms. The molecule has 0 unspecified atom stereocenters.